The maximum absolute atomic E-state index is 4.75. The summed E-state index contributed by atoms with van der Waals surface area (Å²) in [6.45, 7) is 2.35. The molecule has 1 aliphatic heterocycles. The van der Waals surface area contributed by atoms with Crippen LogP contribution in [-0.2, 0) is 0 Å². The molecule has 0 unspecified atom stereocenters. The van der Waals surface area contributed by atoms with Crippen LogP contribution in [-0.4, -0.2) is 18.1 Å². The van der Waals surface area contributed by atoms with Crippen LogP contribution in [0.15, 0.2) is 48.5 Å². The van der Waals surface area contributed by atoms with E-state index in [2.05, 4.69) is 47.4 Å². The molecule has 1 aliphatic rings. The molecule has 0 radical (unpaired) electrons. The minimum absolute atomic E-state index is 1.07. The maximum Gasteiger partial charge on any atom is 0.0730 e. The van der Waals surface area contributed by atoms with Crippen molar-refractivity contribution in [1.29, 1.82) is 0 Å². The summed E-state index contributed by atoms with van der Waals surface area (Å²) in [5, 5.41) is 2.49. The molecule has 2 heteroatoms. The van der Waals surface area contributed by atoms with Gasteiger partial charge in [-0.1, -0.05) is 24.3 Å². The first kappa shape index (κ1) is 9.89. The Bertz CT molecular complexity index is 729. The van der Waals surface area contributed by atoms with Crippen LogP contribution in [0.4, 0.5) is 5.69 Å². The highest BCUT2D eigenvalue weighted by atomic mass is 15.2. The van der Waals surface area contributed by atoms with Gasteiger partial charge in [0, 0.05) is 29.5 Å². The van der Waals surface area contributed by atoms with Crippen molar-refractivity contribution >= 4 is 27.5 Å². The molecule has 2 nitrogen and oxygen atoms in total. The van der Waals surface area contributed by atoms with Gasteiger partial charge >= 0.3 is 0 Å². The molecule has 0 spiro atoms. The molecule has 88 valence electrons. The fraction of sp³-hybridized carbons (Fsp3) is 0.188. The molecule has 0 saturated carbocycles. The average molecular weight is 234 g/mol. The molecule has 1 fully saturated rings. The Morgan fingerprint density at radius 2 is 1.72 bits per heavy atom. The summed E-state index contributed by atoms with van der Waals surface area (Å²) in [4.78, 5) is 7.18. The molecular weight excluding hydrogens is 220 g/mol. The van der Waals surface area contributed by atoms with E-state index in [4.69, 9.17) is 4.98 Å². The zero-order valence-corrected chi connectivity index (χ0v) is 10.1. The van der Waals surface area contributed by atoms with Crippen molar-refractivity contribution in [3.8, 4) is 0 Å². The van der Waals surface area contributed by atoms with Crippen LogP contribution in [0.3, 0.4) is 0 Å². The lowest BCUT2D eigenvalue weighted by Crippen LogP contribution is -2.37. The van der Waals surface area contributed by atoms with E-state index in [1.54, 1.807) is 0 Å². The fourth-order valence-corrected chi connectivity index (χ4v) is 2.62. The number of anilines is 1. The molecule has 2 heterocycles. The van der Waals surface area contributed by atoms with E-state index >= 15 is 0 Å². The predicted octanol–water partition coefficient (Wildman–Crippen LogP) is 3.60. The van der Waals surface area contributed by atoms with E-state index in [9.17, 15) is 0 Å². The number of pyridine rings is 1. The summed E-state index contributed by atoms with van der Waals surface area (Å²) in [6.07, 6.45) is 1.30. The number of hydrogen-bond acceptors (Lipinski definition) is 2. The normalized spacial score (nSPS) is 15.0. The standard InChI is InChI=1S/C16H14N2/c1-2-6-14-12(5-1)11-13-15(17-14)7-3-8-16(13)18-9-4-10-18/h1-3,5-8,11H,4,9-10H2. The third kappa shape index (κ3) is 1.39. The molecule has 1 saturated heterocycles. The summed E-state index contributed by atoms with van der Waals surface area (Å²) in [7, 11) is 0. The van der Waals surface area contributed by atoms with Gasteiger partial charge in [0.25, 0.3) is 0 Å². The highest BCUT2D eigenvalue weighted by Gasteiger charge is 2.16. The van der Waals surface area contributed by atoms with Crippen LogP contribution in [0.2, 0.25) is 0 Å². The second-order valence-corrected chi connectivity index (χ2v) is 4.87. The Hall–Kier alpha value is -2.09. The van der Waals surface area contributed by atoms with Crippen molar-refractivity contribution in [2.45, 2.75) is 6.42 Å². The van der Waals surface area contributed by atoms with Crippen molar-refractivity contribution in [2.24, 2.45) is 0 Å². The summed E-state index contributed by atoms with van der Waals surface area (Å²) >= 11 is 0. The topological polar surface area (TPSA) is 16.1 Å². The monoisotopic (exact) mass is 234 g/mol. The number of aromatic nitrogens is 1. The van der Waals surface area contributed by atoms with E-state index in [0.29, 0.717) is 0 Å². The summed E-state index contributed by atoms with van der Waals surface area (Å²) in [6, 6.07) is 17.0. The number of rotatable bonds is 1. The predicted molar refractivity (Wildman–Crippen MR) is 76.1 cm³/mol. The van der Waals surface area contributed by atoms with E-state index in [1.807, 2.05) is 6.07 Å². The second-order valence-electron chi connectivity index (χ2n) is 4.87. The third-order valence-electron chi connectivity index (χ3n) is 3.73. The van der Waals surface area contributed by atoms with Gasteiger partial charge in [-0.15, -0.1) is 0 Å². The Labute approximate surface area is 106 Å². The molecule has 1 aromatic heterocycles. The minimum Gasteiger partial charge on any atom is -0.371 e. The zero-order valence-electron chi connectivity index (χ0n) is 10.1. The summed E-state index contributed by atoms with van der Waals surface area (Å²) in [5.74, 6) is 0. The molecule has 18 heavy (non-hydrogen) atoms. The first-order chi connectivity index (χ1) is 8.92. The molecule has 3 aromatic rings. The van der Waals surface area contributed by atoms with Gasteiger partial charge in [0.1, 0.15) is 0 Å². The number of para-hydroxylation sites is 1. The number of fused-ring (bicyclic) bond motifs is 2. The maximum atomic E-state index is 4.75. The Morgan fingerprint density at radius 1 is 0.889 bits per heavy atom. The van der Waals surface area contributed by atoms with Gasteiger partial charge < -0.3 is 4.90 Å². The quantitative estimate of drug-likeness (QED) is 0.598. The van der Waals surface area contributed by atoms with E-state index in [-0.39, 0.29) is 0 Å². The molecule has 4 rings (SSSR count). The lowest BCUT2D eigenvalue weighted by molar-refractivity contribution is 0.620. The van der Waals surface area contributed by atoms with Crippen LogP contribution < -0.4 is 4.90 Å². The zero-order chi connectivity index (χ0) is 11.9. The van der Waals surface area contributed by atoms with Crippen molar-refractivity contribution in [2.75, 3.05) is 18.0 Å². The molecule has 0 atom stereocenters. The van der Waals surface area contributed by atoms with E-state index in [0.717, 1.165) is 11.0 Å². The van der Waals surface area contributed by atoms with Crippen LogP contribution in [0.1, 0.15) is 6.42 Å². The Kier molecular flexibility index (Phi) is 2.04. The third-order valence-corrected chi connectivity index (χ3v) is 3.73. The van der Waals surface area contributed by atoms with Crippen LogP contribution >= 0.6 is 0 Å². The molecule has 0 aliphatic carbocycles. The SMILES string of the molecule is c1ccc2nc3cccc(N4CCC4)c3cc2c1. The summed E-state index contributed by atoms with van der Waals surface area (Å²) < 4.78 is 0. The lowest BCUT2D eigenvalue weighted by atomic mass is 10.1. The Morgan fingerprint density at radius 3 is 2.56 bits per heavy atom. The van der Waals surface area contributed by atoms with Gasteiger partial charge in [-0.3, -0.25) is 0 Å². The molecule has 0 N–H and O–H groups in total. The summed E-state index contributed by atoms with van der Waals surface area (Å²) in [5.41, 5.74) is 3.50. The number of benzene rings is 2. The van der Waals surface area contributed by atoms with Crippen molar-refractivity contribution in [3.63, 3.8) is 0 Å². The van der Waals surface area contributed by atoms with E-state index in [1.165, 1.54) is 36.0 Å². The first-order valence-electron chi connectivity index (χ1n) is 6.45. The molecular formula is C16H14N2. The van der Waals surface area contributed by atoms with Crippen molar-refractivity contribution < 1.29 is 0 Å². The number of hydrogen-bond donors (Lipinski definition) is 0. The Balaban J connectivity index is 2.05. The molecule has 0 amide bonds. The van der Waals surface area contributed by atoms with Crippen LogP contribution in [0.25, 0.3) is 21.8 Å². The average Bonchev–Trinajstić information content (AvgIpc) is 2.35. The van der Waals surface area contributed by atoms with Crippen molar-refractivity contribution in [1.82, 2.24) is 4.98 Å². The van der Waals surface area contributed by atoms with Gasteiger partial charge in [0.2, 0.25) is 0 Å². The second kappa shape index (κ2) is 3.70. The van der Waals surface area contributed by atoms with Gasteiger partial charge in [0.15, 0.2) is 0 Å². The van der Waals surface area contributed by atoms with Crippen LogP contribution in [0, 0.1) is 0 Å². The van der Waals surface area contributed by atoms with Gasteiger partial charge in [-0.05, 0) is 30.7 Å². The fourth-order valence-electron chi connectivity index (χ4n) is 2.62. The number of nitrogens with zero attached hydrogens (tertiary/aromatic N) is 2. The molecule has 2 aromatic carbocycles. The lowest BCUT2D eigenvalue weighted by Gasteiger charge is -2.34. The first-order valence-corrected chi connectivity index (χ1v) is 6.45. The van der Waals surface area contributed by atoms with Gasteiger partial charge in [-0.2, -0.15) is 0 Å². The van der Waals surface area contributed by atoms with Gasteiger partial charge in [0.05, 0.1) is 11.0 Å². The van der Waals surface area contributed by atoms with Crippen molar-refractivity contribution in [3.05, 3.63) is 48.5 Å². The molecule has 0 bridgehead atoms. The highest BCUT2D eigenvalue weighted by Crippen LogP contribution is 2.31. The smallest absolute Gasteiger partial charge is 0.0730 e. The minimum atomic E-state index is 1.07. The van der Waals surface area contributed by atoms with Crippen LogP contribution in [0.5, 0.6) is 0 Å². The largest absolute Gasteiger partial charge is 0.371 e. The highest BCUT2D eigenvalue weighted by molar-refractivity contribution is 5.99. The van der Waals surface area contributed by atoms with E-state index < -0.39 is 0 Å². The van der Waals surface area contributed by atoms with Gasteiger partial charge in [-0.25, -0.2) is 4.98 Å².